The first-order chi connectivity index (χ1) is 9.38. The summed E-state index contributed by atoms with van der Waals surface area (Å²) in [4.78, 5) is 23.6. The fraction of sp³-hybridized carbons (Fsp3) is 0.600. The summed E-state index contributed by atoms with van der Waals surface area (Å²) in [6.45, 7) is 7.90. The molecule has 0 radical (unpaired) electrons. The standard InChI is InChI=1S/C15H24N2O2S/c1-10(2)6-5-7-11(3)16-15(19)13-8-9-14(20-13)17-12(4)18/h8-11H,5-7H2,1-4H3,(H,16,19)(H,17,18)/t11-/m1/s1. The van der Waals surface area contributed by atoms with Gasteiger partial charge in [0.2, 0.25) is 5.91 Å². The summed E-state index contributed by atoms with van der Waals surface area (Å²) < 4.78 is 0. The summed E-state index contributed by atoms with van der Waals surface area (Å²) in [5.74, 6) is 0.514. The molecule has 0 aliphatic rings. The van der Waals surface area contributed by atoms with Crippen molar-refractivity contribution in [3.8, 4) is 0 Å². The molecule has 0 aliphatic heterocycles. The van der Waals surface area contributed by atoms with Crippen molar-refractivity contribution >= 4 is 28.2 Å². The van der Waals surface area contributed by atoms with Gasteiger partial charge in [-0.05, 0) is 31.4 Å². The third kappa shape index (κ3) is 6.19. The van der Waals surface area contributed by atoms with Gasteiger partial charge in [0, 0.05) is 13.0 Å². The summed E-state index contributed by atoms with van der Waals surface area (Å²) in [6.07, 6.45) is 3.31. The molecule has 0 saturated heterocycles. The van der Waals surface area contributed by atoms with Crippen LogP contribution in [0.4, 0.5) is 5.00 Å². The molecule has 0 unspecified atom stereocenters. The second-order valence-electron chi connectivity index (χ2n) is 5.54. The molecule has 1 atom stereocenters. The Labute approximate surface area is 125 Å². The third-order valence-corrected chi connectivity index (χ3v) is 3.92. The molecule has 1 rings (SSSR count). The normalized spacial score (nSPS) is 12.2. The SMILES string of the molecule is CC(=O)Nc1ccc(C(=O)N[C@H](C)CCCC(C)C)s1. The Hall–Kier alpha value is -1.36. The maximum atomic E-state index is 12.0. The van der Waals surface area contributed by atoms with Gasteiger partial charge in [-0.1, -0.05) is 26.7 Å². The van der Waals surface area contributed by atoms with Crippen LogP contribution in [-0.2, 0) is 4.79 Å². The van der Waals surface area contributed by atoms with Crippen LogP contribution in [0, 0.1) is 5.92 Å². The van der Waals surface area contributed by atoms with Crippen LogP contribution in [0.25, 0.3) is 0 Å². The van der Waals surface area contributed by atoms with Crippen LogP contribution in [0.2, 0.25) is 0 Å². The molecule has 0 bridgehead atoms. The molecule has 0 aromatic carbocycles. The number of nitrogens with one attached hydrogen (secondary N) is 2. The highest BCUT2D eigenvalue weighted by Gasteiger charge is 2.12. The zero-order chi connectivity index (χ0) is 15.1. The van der Waals surface area contributed by atoms with E-state index in [9.17, 15) is 9.59 Å². The van der Waals surface area contributed by atoms with Gasteiger partial charge in [0.05, 0.1) is 9.88 Å². The second-order valence-corrected chi connectivity index (χ2v) is 6.63. The molecule has 1 heterocycles. The fourth-order valence-corrected chi connectivity index (χ4v) is 2.76. The number of anilines is 1. The van der Waals surface area contributed by atoms with Gasteiger partial charge in [-0.3, -0.25) is 9.59 Å². The lowest BCUT2D eigenvalue weighted by molar-refractivity contribution is -0.114. The van der Waals surface area contributed by atoms with Gasteiger partial charge < -0.3 is 10.6 Å². The van der Waals surface area contributed by atoms with Crippen molar-refractivity contribution < 1.29 is 9.59 Å². The molecule has 2 N–H and O–H groups in total. The van der Waals surface area contributed by atoms with Crippen molar-refractivity contribution in [2.45, 2.75) is 53.0 Å². The Morgan fingerprint density at radius 2 is 1.90 bits per heavy atom. The average Bonchev–Trinajstić information content (AvgIpc) is 2.75. The third-order valence-electron chi connectivity index (χ3n) is 2.93. The summed E-state index contributed by atoms with van der Waals surface area (Å²) >= 11 is 1.30. The van der Waals surface area contributed by atoms with E-state index in [-0.39, 0.29) is 17.9 Å². The van der Waals surface area contributed by atoms with Crippen molar-refractivity contribution in [1.82, 2.24) is 5.32 Å². The smallest absolute Gasteiger partial charge is 0.261 e. The number of rotatable bonds is 7. The molecule has 0 saturated carbocycles. The summed E-state index contributed by atoms with van der Waals surface area (Å²) in [6, 6.07) is 3.67. The fourth-order valence-electron chi connectivity index (χ4n) is 1.90. The van der Waals surface area contributed by atoms with E-state index >= 15 is 0 Å². The first-order valence-corrected chi connectivity index (χ1v) is 7.88. The van der Waals surface area contributed by atoms with Crippen molar-refractivity contribution in [1.29, 1.82) is 0 Å². The van der Waals surface area contributed by atoms with Gasteiger partial charge in [0.15, 0.2) is 0 Å². The van der Waals surface area contributed by atoms with Crippen molar-refractivity contribution in [2.75, 3.05) is 5.32 Å². The van der Waals surface area contributed by atoms with E-state index in [1.807, 2.05) is 6.92 Å². The molecule has 0 fully saturated rings. The van der Waals surface area contributed by atoms with Crippen LogP contribution in [0.3, 0.4) is 0 Å². The first-order valence-electron chi connectivity index (χ1n) is 7.06. The van der Waals surface area contributed by atoms with Gasteiger partial charge in [-0.2, -0.15) is 0 Å². The van der Waals surface area contributed by atoms with E-state index in [0.717, 1.165) is 12.8 Å². The van der Waals surface area contributed by atoms with Crippen molar-refractivity contribution in [3.63, 3.8) is 0 Å². The minimum Gasteiger partial charge on any atom is -0.349 e. The van der Waals surface area contributed by atoms with E-state index in [4.69, 9.17) is 0 Å². The minimum atomic E-state index is -0.124. The second kappa shape index (κ2) is 8.04. The zero-order valence-corrected chi connectivity index (χ0v) is 13.5. The van der Waals surface area contributed by atoms with Gasteiger partial charge in [0.1, 0.15) is 0 Å². The first kappa shape index (κ1) is 16.7. The number of carbonyl (C=O) groups is 2. The molecular formula is C15H24N2O2S. The van der Waals surface area contributed by atoms with Crippen LogP contribution in [0.15, 0.2) is 12.1 Å². The van der Waals surface area contributed by atoms with E-state index < -0.39 is 0 Å². The molecule has 2 amide bonds. The quantitative estimate of drug-likeness (QED) is 0.807. The lowest BCUT2D eigenvalue weighted by Gasteiger charge is -2.13. The van der Waals surface area contributed by atoms with Gasteiger partial charge in [0.25, 0.3) is 5.91 Å². The predicted molar refractivity (Wildman–Crippen MR) is 84.2 cm³/mol. The molecule has 5 heteroatoms. The molecule has 1 aromatic heterocycles. The Morgan fingerprint density at radius 1 is 1.20 bits per heavy atom. The molecule has 0 aliphatic carbocycles. The van der Waals surface area contributed by atoms with Crippen LogP contribution >= 0.6 is 11.3 Å². The topological polar surface area (TPSA) is 58.2 Å². The number of hydrogen-bond donors (Lipinski definition) is 2. The Kier molecular flexibility index (Phi) is 6.71. The summed E-state index contributed by atoms with van der Waals surface area (Å²) in [7, 11) is 0. The minimum absolute atomic E-state index is 0.0661. The highest BCUT2D eigenvalue weighted by Crippen LogP contribution is 2.22. The maximum absolute atomic E-state index is 12.0. The van der Waals surface area contributed by atoms with E-state index in [0.29, 0.717) is 15.8 Å². The van der Waals surface area contributed by atoms with Crippen molar-refractivity contribution in [3.05, 3.63) is 17.0 Å². The Bertz CT molecular complexity index is 454. The number of hydrogen-bond acceptors (Lipinski definition) is 3. The van der Waals surface area contributed by atoms with E-state index in [1.54, 1.807) is 12.1 Å². The van der Waals surface area contributed by atoms with Gasteiger partial charge in [-0.15, -0.1) is 11.3 Å². The van der Waals surface area contributed by atoms with E-state index in [2.05, 4.69) is 24.5 Å². The van der Waals surface area contributed by atoms with Crippen molar-refractivity contribution in [2.24, 2.45) is 5.92 Å². The monoisotopic (exact) mass is 296 g/mol. The molecular weight excluding hydrogens is 272 g/mol. The largest absolute Gasteiger partial charge is 0.349 e. The number of amides is 2. The lowest BCUT2D eigenvalue weighted by atomic mass is 10.0. The lowest BCUT2D eigenvalue weighted by Crippen LogP contribution is -2.31. The number of thiophene rings is 1. The highest BCUT2D eigenvalue weighted by molar-refractivity contribution is 7.18. The average molecular weight is 296 g/mol. The van der Waals surface area contributed by atoms with Crippen LogP contribution in [-0.4, -0.2) is 17.9 Å². The van der Waals surface area contributed by atoms with Crippen LogP contribution in [0.5, 0.6) is 0 Å². The maximum Gasteiger partial charge on any atom is 0.261 e. The van der Waals surface area contributed by atoms with Gasteiger partial charge in [-0.25, -0.2) is 0 Å². The summed E-state index contributed by atoms with van der Waals surface area (Å²) in [5, 5.41) is 6.38. The van der Waals surface area contributed by atoms with Crippen LogP contribution in [0.1, 0.15) is 56.6 Å². The molecule has 1 aromatic rings. The molecule has 0 spiro atoms. The Morgan fingerprint density at radius 3 is 2.50 bits per heavy atom. The van der Waals surface area contributed by atoms with E-state index in [1.165, 1.54) is 24.7 Å². The molecule has 4 nitrogen and oxygen atoms in total. The number of carbonyl (C=O) groups excluding carboxylic acids is 2. The van der Waals surface area contributed by atoms with Gasteiger partial charge >= 0.3 is 0 Å². The highest BCUT2D eigenvalue weighted by atomic mass is 32.1. The van der Waals surface area contributed by atoms with Crippen LogP contribution < -0.4 is 10.6 Å². The molecule has 112 valence electrons. The molecule has 20 heavy (non-hydrogen) atoms. The zero-order valence-electron chi connectivity index (χ0n) is 12.7. The summed E-state index contributed by atoms with van der Waals surface area (Å²) in [5.41, 5.74) is 0. The Balaban J connectivity index is 2.41. The predicted octanol–water partition coefficient (Wildman–Crippen LogP) is 3.65.